The van der Waals surface area contributed by atoms with Crippen LogP contribution < -0.4 is 0 Å². The quantitative estimate of drug-likeness (QED) is 0.205. The summed E-state index contributed by atoms with van der Waals surface area (Å²) < 4.78 is 0. The van der Waals surface area contributed by atoms with E-state index in [2.05, 4.69) is 0 Å². The van der Waals surface area contributed by atoms with Crippen molar-refractivity contribution in [2.45, 2.75) is 37.5 Å². The van der Waals surface area contributed by atoms with Gasteiger partial charge in [0, 0.05) is 11.8 Å². The van der Waals surface area contributed by atoms with Gasteiger partial charge in [0.15, 0.2) is 0 Å². The predicted molar refractivity (Wildman–Crippen MR) is 135 cm³/mol. The average Bonchev–Trinajstić information content (AvgIpc) is 2.85. The molecule has 0 spiro atoms. The number of phenolic OH excluding ortho intramolecular Hbond substituents is 4. The minimum atomic E-state index is 0.169. The van der Waals surface area contributed by atoms with Gasteiger partial charge in [-0.05, 0) is 83.6 Å². The third-order valence-electron chi connectivity index (χ3n) is 6.42. The topological polar surface area (TPSA) is 80.9 Å². The Morgan fingerprint density at radius 2 is 0.559 bits per heavy atom. The van der Waals surface area contributed by atoms with Gasteiger partial charge in [0.25, 0.3) is 0 Å². The maximum atomic E-state index is 9.71. The average molecular weight is 455 g/mol. The third-order valence-corrected chi connectivity index (χ3v) is 6.42. The molecule has 0 aliphatic rings. The number of unbranched alkanes of at least 4 members (excludes halogenated alkanes) is 1. The van der Waals surface area contributed by atoms with Crippen LogP contribution in [0.1, 0.15) is 59.8 Å². The van der Waals surface area contributed by atoms with Gasteiger partial charge in [0.05, 0.1) is 0 Å². The molecule has 0 aliphatic carbocycles. The van der Waals surface area contributed by atoms with Gasteiger partial charge in [-0.3, -0.25) is 0 Å². The van der Waals surface area contributed by atoms with E-state index >= 15 is 0 Å². The van der Waals surface area contributed by atoms with E-state index in [9.17, 15) is 20.4 Å². The van der Waals surface area contributed by atoms with Crippen LogP contribution in [0.2, 0.25) is 0 Å². The van der Waals surface area contributed by atoms with Gasteiger partial charge in [-0.25, -0.2) is 0 Å². The van der Waals surface area contributed by atoms with Gasteiger partial charge >= 0.3 is 0 Å². The van der Waals surface area contributed by atoms with Gasteiger partial charge in [-0.2, -0.15) is 0 Å². The molecule has 34 heavy (non-hydrogen) atoms. The van der Waals surface area contributed by atoms with Crippen LogP contribution in [0.25, 0.3) is 0 Å². The van der Waals surface area contributed by atoms with Crippen molar-refractivity contribution < 1.29 is 20.4 Å². The van der Waals surface area contributed by atoms with Crippen LogP contribution in [-0.2, 0) is 0 Å². The summed E-state index contributed by atoms with van der Waals surface area (Å²) in [5.41, 5.74) is 4.54. The highest BCUT2D eigenvalue weighted by Crippen LogP contribution is 2.35. The Balaban J connectivity index is 1.48. The van der Waals surface area contributed by atoms with Crippen LogP contribution in [-0.4, -0.2) is 20.4 Å². The Hall–Kier alpha value is -3.92. The van der Waals surface area contributed by atoms with Gasteiger partial charge in [-0.15, -0.1) is 0 Å². The lowest BCUT2D eigenvalue weighted by molar-refractivity contribution is 0.473. The molecule has 4 heteroatoms. The molecular formula is C30H30O4. The smallest absolute Gasteiger partial charge is 0.115 e. The standard InChI is InChI=1S/C30H30O4/c31-25-13-5-21(6-14-25)29(22-7-15-26(32)16-8-22)3-1-2-4-30(23-9-17-27(33)18-10-23)24-11-19-28(34)20-12-24/h5-20,29-34H,1-4H2. The Kier molecular flexibility index (Phi) is 7.38. The van der Waals surface area contributed by atoms with Crippen molar-refractivity contribution in [1.29, 1.82) is 0 Å². The van der Waals surface area contributed by atoms with Crippen LogP contribution >= 0.6 is 0 Å². The van der Waals surface area contributed by atoms with Crippen LogP contribution in [0, 0.1) is 0 Å². The Morgan fingerprint density at radius 1 is 0.353 bits per heavy atom. The van der Waals surface area contributed by atoms with E-state index in [0.717, 1.165) is 47.9 Å². The zero-order valence-corrected chi connectivity index (χ0v) is 19.0. The first kappa shape index (κ1) is 23.2. The lowest BCUT2D eigenvalue weighted by atomic mass is 9.84. The lowest BCUT2D eigenvalue weighted by Gasteiger charge is -2.21. The highest BCUT2D eigenvalue weighted by molar-refractivity contribution is 5.39. The van der Waals surface area contributed by atoms with E-state index in [1.807, 2.05) is 48.5 Å². The fraction of sp³-hybridized carbons (Fsp3) is 0.200. The van der Waals surface area contributed by atoms with E-state index in [-0.39, 0.29) is 34.8 Å². The minimum absolute atomic E-state index is 0.169. The molecule has 4 rings (SSSR count). The van der Waals surface area contributed by atoms with E-state index in [1.54, 1.807) is 48.5 Å². The van der Waals surface area contributed by atoms with E-state index in [0.29, 0.717) is 0 Å². The lowest BCUT2D eigenvalue weighted by Crippen LogP contribution is -2.04. The molecule has 174 valence electrons. The van der Waals surface area contributed by atoms with Gasteiger partial charge < -0.3 is 20.4 Å². The maximum absolute atomic E-state index is 9.71. The van der Waals surface area contributed by atoms with Crippen LogP contribution in [0.3, 0.4) is 0 Å². The molecule has 0 atom stereocenters. The van der Waals surface area contributed by atoms with Gasteiger partial charge in [0.2, 0.25) is 0 Å². The molecule has 4 aromatic carbocycles. The summed E-state index contributed by atoms with van der Waals surface area (Å²) in [6.07, 6.45) is 3.87. The number of benzene rings is 4. The molecule has 0 heterocycles. The number of hydrogen-bond acceptors (Lipinski definition) is 4. The summed E-state index contributed by atoms with van der Waals surface area (Å²) >= 11 is 0. The Bertz CT molecular complexity index is 977. The largest absolute Gasteiger partial charge is 0.508 e. The molecule has 0 unspecified atom stereocenters. The summed E-state index contributed by atoms with van der Waals surface area (Å²) in [5, 5.41) is 38.8. The summed E-state index contributed by atoms with van der Waals surface area (Å²) in [4.78, 5) is 0. The second kappa shape index (κ2) is 10.8. The van der Waals surface area contributed by atoms with Gasteiger partial charge in [-0.1, -0.05) is 61.4 Å². The number of rotatable bonds is 9. The van der Waals surface area contributed by atoms with Crippen molar-refractivity contribution in [3.8, 4) is 23.0 Å². The van der Waals surface area contributed by atoms with E-state index in [4.69, 9.17) is 0 Å². The predicted octanol–water partition coefficient (Wildman–Crippen LogP) is 7.03. The maximum Gasteiger partial charge on any atom is 0.115 e. The Labute approximate surface area is 200 Å². The fourth-order valence-corrected chi connectivity index (χ4v) is 4.58. The second-order valence-electron chi connectivity index (χ2n) is 8.76. The molecule has 0 fully saturated rings. The van der Waals surface area contributed by atoms with Gasteiger partial charge in [0.1, 0.15) is 23.0 Å². The van der Waals surface area contributed by atoms with Crippen molar-refractivity contribution >= 4 is 0 Å². The van der Waals surface area contributed by atoms with E-state index in [1.165, 1.54) is 0 Å². The summed E-state index contributed by atoms with van der Waals surface area (Å²) in [7, 11) is 0. The summed E-state index contributed by atoms with van der Waals surface area (Å²) in [6.45, 7) is 0. The van der Waals surface area contributed by atoms with Crippen molar-refractivity contribution in [2.24, 2.45) is 0 Å². The molecular weight excluding hydrogens is 424 g/mol. The van der Waals surface area contributed by atoms with Crippen LogP contribution in [0.15, 0.2) is 97.1 Å². The first-order valence-electron chi connectivity index (χ1n) is 11.7. The molecule has 0 saturated heterocycles. The van der Waals surface area contributed by atoms with Crippen molar-refractivity contribution in [3.05, 3.63) is 119 Å². The highest BCUT2D eigenvalue weighted by atomic mass is 16.3. The molecule has 0 aromatic heterocycles. The highest BCUT2D eigenvalue weighted by Gasteiger charge is 2.17. The Morgan fingerprint density at radius 3 is 0.765 bits per heavy atom. The molecule has 0 amide bonds. The first-order valence-corrected chi connectivity index (χ1v) is 11.7. The molecule has 4 aromatic rings. The summed E-state index contributed by atoms with van der Waals surface area (Å²) in [6, 6.07) is 29.4. The number of phenols is 4. The minimum Gasteiger partial charge on any atom is -0.508 e. The SMILES string of the molecule is Oc1ccc(C(CCCCC(c2ccc(O)cc2)c2ccc(O)cc2)c2ccc(O)cc2)cc1. The zero-order valence-electron chi connectivity index (χ0n) is 19.0. The number of aromatic hydroxyl groups is 4. The molecule has 0 bridgehead atoms. The zero-order chi connectivity index (χ0) is 23.9. The van der Waals surface area contributed by atoms with Crippen molar-refractivity contribution in [1.82, 2.24) is 0 Å². The molecule has 0 saturated carbocycles. The summed E-state index contributed by atoms with van der Waals surface area (Å²) in [5.74, 6) is 1.33. The first-order chi connectivity index (χ1) is 16.5. The van der Waals surface area contributed by atoms with E-state index < -0.39 is 0 Å². The monoisotopic (exact) mass is 454 g/mol. The van der Waals surface area contributed by atoms with Crippen LogP contribution in [0.4, 0.5) is 0 Å². The molecule has 4 N–H and O–H groups in total. The second-order valence-corrected chi connectivity index (χ2v) is 8.76. The van der Waals surface area contributed by atoms with Crippen LogP contribution in [0.5, 0.6) is 23.0 Å². The molecule has 0 radical (unpaired) electrons. The normalized spacial score (nSPS) is 11.2. The molecule has 0 aliphatic heterocycles. The van der Waals surface area contributed by atoms with Crippen molar-refractivity contribution in [3.63, 3.8) is 0 Å². The third kappa shape index (κ3) is 5.90. The molecule has 4 nitrogen and oxygen atoms in total. The van der Waals surface area contributed by atoms with Crippen molar-refractivity contribution in [2.75, 3.05) is 0 Å². The number of hydrogen-bond donors (Lipinski definition) is 4. The fourth-order valence-electron chi connectivity index (χ4n) is 4.58.